The molecule has 1 aliphatic heterocycles. The molecule has 0 atom stereocenters. The van der Waals surface area contributed by atoms with E-state index >= 15 is 0 Å². The Morgan fingerprint density at radius 3 is 1.61 bits per heavy atom. The van der Waals surface area contributed by atoms with Gasteiger partial charge in [-0.15, -0.1) is 0 Å². The maximum absolute atomic E-state index is 10.3. The van der Waals surface area contributed by atoms with E-state index in [1.165, 1.54) is 0 Å². The monoisotopic (exact) mass is 469 g/mol. The van der Waals surface area contributed by atoms with Crippen LogP contribution in [-0.4, -0.2) is 60.0 Å². The number of phenols is 2. The molecule has 1 heterocycles. The first-order valence-corrected chi connectivity index (χ1v) is 9.57. The number of carboxylic acid groups (broad SMARTS) is 1. The molecule has 0 spiro atoms. The van der Waals surface area contributed by atoms with Crippen molar-refractivity contribution in [2.75, 3.05) is 26.3 Å². The predicted octanol–water partition coefficient (Wildman–Crippen LogP) is 3.28. The number of phenolic OH excluding ortho intramolecular Hbond substituents is 2. The molecule has 31 heavy (non-hydrogen) atoms. The van der Waals surface area contributed by atoms with Gasteiger partial charge in [0.15, 0.2) is 23.0 Å². The number of aliphatic carboxylic acids is 1. The fraction of sp³-hybridized carbons (Fsp3) is 0.318. The number of carbonyl (C=O) groups is 1. The van der Waals surface area contributed by atoms with Gasteiger partial charge in [-0.1, -0.05) is 12.1 Å². The van der Waals surface area contributed by atoms with E-state index < -0.39 is 5.97 Å². The van der Waals surface area contributed by atoms with E-state index in [9.17, 15) is 10.2 Å². The minimum absolute atomic E-state index is 0. The van der Waals surface area contributed by atoms with Crippen molar-refractivity contribution in [2.24, 2.45) is 9.98 Å². The minimum atomic E-state index is -0.833. The summed E-state index contributed by atoms with van der Waals surface area (Å²) >= 11 is 0. The number of ether oxygens (including phenoxy) is 2. The number of hydrogen-bond acceptors (Lipinski definition) is 7. The Hall–Kier alpha value is -3.03. The van der Waals surface area contributed by atoms with Crippen molar-refractivity contribution in [1.82, 2.24) is 0 Å². The molecule has 1 radical (unpaired) electrons. The third-order valence-corrected chi connectivity index (χ3v) is 3.93. The van der Waals surface area contributed by atoms with Crippen LogP contribution < -0.4 is 9.47 Å². The standard InChI is InChI=1S/C20H22N2O4.C2H4O2.Mn/c23-19-15-5-3-7-17(19)25-11-1-2-12-26-18-8-4-6-16(20(18)24)14-22-10-9-21-13-15;1-2(3)4;/h3-8,13-14,23-24H,1-2,9-12H2;1H3,(H,3,4);. The van der Waals surface area contributed by atoms with Crippen LogP contribution in [0.2, 0.25) is 0 Å². The first-order chi connectivity index (χ1) is 14.5. The fourth-order valence-corrected chi connectivity index (χ4v) is 2.53. The van der Waals surface area contributed by atoms with Crippen LogP contribution in [0.1, 0.15) is 30.9 Å². The van der Waals surface area contributed by atoms with E-state index in [4.69, 9.17) is 19.4 Å². The number of fused-ring (bicyclic) bond motifs is 4. The second kappa shape index (κ2) is 14.1. The number of hydrogen-bond donors (Lipinski definition) is 3. The smallest absolute Gasteiger partial charge is 0.300 e. The molecule has 0 fully saturated rings. The first-order valence-electron chi connectivity index (χ1n) is 9.57. The normalized spacial score (nSPS) is 13.7. The zero-order valence-electron chi connectivity index (χ0n) is 17.2. The largest absolute Gasteiger partial charge is 0.504 e. The Kier molecular flexibility index (Phi) is 11.8. The Morgan fingerprint density at radius 2 is 1.23 bits per heavy atom. The van der Waals surface area contributed by atoms with Gasteiger partial charge in [0.05, 0.1) is 26.3 Å². The van der Waals surface area contributed by atoms with Crippen molar-refractivity contribution in [3.05, 3.63) is 47.5 Å². The zero-order valence-corrected chi connectivity index (χ0v) is 18.4. The number of para-hydroxylation sites is 2. The van der Waals surface area contributed by atoms with Crippen molar-refractivity contribution < 1.29 is 46.7 Å². The summed E-state index contributed by atoms with van der Waals surface area (Å²) in [6.07, 6.45) is 4.76. The number of aromatic hydroxyl groups is 2. The summed E-state index contributed by atoms with van der Waals surface area (Å²) in [7, 11) is 0. The predicted molar refractivity (Wildman–Crippen MR) is 115 cm³/mol. The van der Waals surface area contributed by atoms with Crippen LogP contribution in [0.4, 0.5) is 0 Å². The molecule has 1 aliphatic rings. The van der Waals surface area contributed by atoms with Gasteiger partial charge < -0.3 is 24.8 Å². The Balaban J connectivity index is 0.000000885. The van der Waals surface area contributed by atoms with Crippen LogP contribution in [-0.2, 0) is 21.9 Å². The van der Waals surface area contributed by atoms with Gasteiger partial charge in [-0.25, -0.2) is 0 Å². The van der Waals surface area contributed by atoms with E-state index in [-0.39, 0.29) is 28.6 Å². The van der Waals surface area contributed by atoms with E-state index in [1.807, 2.05) is 12.1 Å². The molecule has 167 valence electrons. The van der Waals surface area contributed by atoms with E-state index in [2.05, 4.69) is 9.98 Å². The Labute approximate surface area is 191 Å². The van der Waals surface area contributed by atoms with Crippen LogP contribution in [0.15, 0.2) is 46.4 Å². The van der Waals surface area contributed by atoms with Gasteiger partial charge in [0.1, 0.15) is 0 Å². The van der Waals surface area contributed by atoms with Crippen LogP contribution in [0.25, 0.3) is 0 Å². The second-order valence-corrected chi connectivity index (χ2v) is 6.38. The topological polar surface area (TPSA) is 121 Å². The van der Waals surface area contributed by atoms with Crippen molar-refractivity contribution in [3.8, 4) is 23.0 Å². The molecule has 3 N–H and O–H groups in total. The second-order valence-electron chi connectivity index (χ2n) is 6.38. The number of rotatable bonds is 0. The molecule has 9 heteroatoms. The Bertz CT molecular complexity index is 830. The molecule has 2 aromatic rings. The van der Waals surface area contributed by atoms with Crippen molar-refractivity contribution in [2.45, 2.75) is 19.8 Å². The van der Waals surface area contributed by atoms with Crippen molar-refractivity contribution in [3.63, 3.8) is 0 Å². The molecular formula is C22H26MnN2O6. The number of nitrogens with zero attached hydrogens (tertiary/aromatic N) is 2. The van der Waals surface area contributed by atoms with Gasteiger partial charge in [0.2, 0.25) is 0 Å². The van der Waals surface area contributed by atoms with Crippen LogP contribution in [0, 0.1) is 0 Å². The molecule has 0 aliphatic carbocycles. The number of aliphatic imine (C=N–C) groups is 2. The van der Waals surface area contributed by atoms with Gasteiger partial charge in [-0.05, 0) is 37.1 Å². The van der Waals surface area contributed by atoms with E-state index in [0.29, 0.717) is 48.9 Å². The molecule has 0 unspecified atom stereocenters. The molecule has 0 aromatic heterocycles. The van der Waals surface area contributed by atoms with Gasteiger partial charge in [-0.3, -0.25) is 14.8 Å². The molecule has 0 saturated carbocycles. The van der Waals surface area contributed by atoms with E-state index in [0.717, 1.165) is 19.8 Å². The quantitative estimate of drug-likeness (QED) is 0.510. The average molecular weight is 469 g/mol. The molecule has 0 amide bonds. The van der Waals surface area contributed by atoms with Gasteiger partial charge in [-0.2, -0.15) is 0 Å². The maximum Gasteiger partial charge on any atom is 0.300 e. The summed E-state index contributed by atoms with van der Waals surface area (Å²) < 4.78 is 11.3. The SMILES string of the molecule is CC(=O)O.Oc1c2cccc1OCCCCOc1cccc(c1O)C=NCCN=C2.[Mn]. The molecular weight excluding hydrogens is 443 g/mol. The Morgan fingerprint density at radius 1 is 0.839 bits per heavy atom. The van der Waals surface area contributed by atoms with Crippen LogP contribution in [0.5, 0.6) is 23.0 Å². The third-order valence-electron chi connectivity index (χ3n) is 3.93. The summed E-state index contributed by atoms with van der Waals surface area (Å²) in [6.45, 7) is 2.96. The van der Waals surface area contributed by atoms with Crippen LogP contribution >= 0.6 is 0 Å². The number of benzene rings is 2. The number of carboxylic acids is 1. The molecule has 0 saturated heterocycles. The van der Waals surface area contributed by atoms with Gasteiger partial charge in [0, 0.05) is 47.5 Å². The molecule has 3 rings (SSSR count). The summed E-state index contributed by atoms with van der Waals surface area (Å²) in [4.78, 5) is 17.6. The minimum Gasteiger partial charge on any atom is -0.504 e. The fourth-order valence-electron chi connectivity index (χ4n) is 2.53. The van der Waals surface area contributed by atoms with Crippen molar-refractivity contribution >= 4 is 18.4 Å². The van der Waals surface area contributed by atoms with Crippen LogP contribution in [0.3, 0.4) is 0 Å². The first kappa shape index (κ1) is 26.0. The third kappa shape index (κ3) is 9.11. The average Bonchev–Trinajstić information content (AvgIpc) is 2.70. The molecule has 4 bridgehead atoms. The van der Waals surface area contributed by atoms with E-state index in [1.54, 1.807) is 36.7 Å². The summed E-state index contributed by atoms with van der Waals surface area (Å²) in [5.74, 6) is 0.243. The molecule has 8 nitrogen and oxygen atoms in total. The van der Waals surface area contributed by atoms with Gasteiger partial charge >= 0.3 is 0 Å². The maximum atomic E-state index is 10.3. The summed E-state index contributed by atoms with van der Waals surface area (Å²) in [6, 6.07) is 10.7. The zero-order chi connectivity index (χ0) is 21.8. The van der Waals surface area contributed by atoms with Gasteiger partial charge in [0.25, 0.3) is 5.97 Å². The summed E-state index contributed by atoms with van der Waals surface area (Å²) in [5.41, 5.74) is 1.22. The summed E-state index contributed by atoms with van der Waals surface area (Å²) in [5, 5.41) is 27.9. The molecule has 2 aromatic carbocycles. The van der Waals surface area contributed by atoms with Crippen molar-refractivity contribution in [1.29, 1.82) is 0 Å².